The molecule has 3 heteroatoms. The van der Waals surface area contributed by atoms with Gasteiger partial charge in [0.1, 0.15) is 5.75 Å². The van der Waals surface area contributed by atoms with Gasteiger partial charge in [0.15, 0.2) is 0 Å². The molecule has 1 aliphatic heterocycles. The number of benzene rings is 2. The molecule has 0 unspecified atom stereocenters. The zero-order valence-electron chi connectivity index (χ0n) is 13.5. The first-order chi connectivity index (χ1) is 11.3. The van der Waals surface area contributed by atoms with Crippen molar-refractivity contribution in [1.82, 2.24) is 4.90 Å². The fourth-order valence-electron chi connectivity index (χ4n) is 3.00. The molecular formula is C20H25NO2. The summed E-state index contributed by atoms with van der Waals surface area (Å²) in [6.07, 6.45) is 2.74. The van der Waals surface area contributed by atoms with E-state index in [2.05, 4.69) is 41.3 Å². The maximum atomic E-state index is 9.50. The predicted molar refractivity (Wildman–Crippen MR) is 93.7 cm³/mol. The van der Waals surface area contributed by atoms with E-state index in [0.717, 1.165) is 51.3 Å². The van der Waals surface area contributed by atoms with E-state index >= 15 is 0 Å². The largest absolute Gasteiger partial charge is 0.494 e. The van der Waals surface area contributed by atoms with Gasteiger partial charge in [-0.3, -0.25) is 0 Å². The molecular weight excluding hydrogens is 286 g/mol. The highest BCUT2D eigenvalue weighted by atomic mass is 16.5. The van der Waals surface area contributed by atoms with Crippen LogP contribution in [0.25, 0.3) is 11.1 Å². The lowest BCUT2D eigenvalue weighted by molar-refractivity contribution is 0.0800. The van der Waals surface area contributed by atoms with Crippen LogP contribution in [0.4, 0.5) is 0 Å². The molecule has 1 saturated heterocycles. The first kappa shape index (κ1) is 16.0. The van der Waals surface area contributed by atoms with Crippen LogP contribution >= 0.6 is 0 Å². The molecule has 2 aromatic carbocycles. The van der Waals surface area contributed by atoms with Crippen molar-refractivity contribution in [2.24, 2.45) is 0 Å². The van der Waals surface area contributed by atoms with Crippen LogP contribution in [-0.4, -0.2) is 42.4 Å². The minimum Gasteiger partial charge on any atom is -0.494 e. The van der Waals surface area contributed by atoms with Crippen LogP contribution < -0.4 is 4.74 Å². The van der Waals surface area contributed by atoms with Crippen LogP contribution in [0.1, 0.15) is 19.3 Å². The maximum Gasteiger partial charge on any atom is 0.119 e. The number of nitrogens with zero attached hydrogens (tertiary/aromatic N) is 1. The Labute approximate surface area is 138 Å². The van der Waals surface area contributed by atoms with E-state index in [9.17, 15) is 5.11 Å². The van der Waals surface area contributed by atoms with Gasteiger partial charge in [-0.1, -0.05) is 42.5 Å². The number of piperidine rings is 1. The normalized spacial score (nSPS) is 16.4. The number of aliphatic hydroxyl groups is 1. The summed E-state index contributed by atoms with van der Waals surface area (Å²) < 4.78 is 5.83. The van der Waals surface area contributed by atoms with E-state index in [4.69, 9.17) is 4.74 Å². The first-order valence-corrected chi connectivity index (χ1v) is 8.50. The molecule has 0 atom stereocenters. The van der Waals surface area contributed by atoms with E-state index < -0.39 is 0 Å². The minimum absolute atomic E-state index is 0.0920. The van der Waals surface area contributed by atoms with Crippen molar-refractivity contribution < 1.29 is 9.84 Å². The summed E-state index contributed by atoms with van der Waals surface area (Å²) in [7, 11) is 0. The van der Waals surface area contributed by atoms with Gasteiger partial charge in [0, 0.05) is 19.6 Å². The molecule has 2 aromatic rings. The van der Waals surface area contributed by atoms with Crippen molar-refractivity contribution in [2.75, 3.05) is 26.2 Å². The smallest absolute Gasteiger partial charge is 0.119 e. The average molecular weight is 311 g/mol. The topological polar surface area (TPSA) is 32.7 Å². The molecule has 23 heavy (non-hydrogen) atoms. The van der Waals surface area contributed by atoms with E-state index in [1.807, 2.05) is 18.2 Å². The van der Waals surface area contributed by atoms with Crippen LogP contribution in [0.5, 0.6) is 5.75 Å². The molecule has 3 rings (SSSR count). The minimum atomic E-state index is -0.0920. The number of aliphatic hydroxyl groups excluding tert-OH is 1. The summed E-state index contributed by atoms with van der Waals surface area (Å²) in [4.78, 5) is 2.41. The highest BCUT2D eigenvalue weighted by Crippen LogP contribution is 2.22. The summed E-state index contributed by atoms with van der Waals surface area (Å²) in [6, 6.07) is 18.7. The third-order valence-electron chi connectivity index (χ3n) is 4.41. The monoisotopic (exact) mass is 311 g/mol. The Morgan fingerprint density at radius 3 is 2.26 bits per heavy atom. The number of rotatable bonds is 6. The van der Waals surface area contributed by atoms with Crippen LogP contribution in [-0.2, 0) is 0 Å². The van der Waals surface area contributed by atoms with Crippen LogP contribution in [0.3, 0.4) is 0 Å². The molecule has 122 valence electrons. The number of hydrogen-bond donors (Lipinski definition) is 1. The lowest BCUT2D eigenvalue weighted by Gasteiger charge is -2.29. The third-order valence-corrected chi connectivity index (χ3v) is 4.41. The summed E-state index contributed by atoms with van der Waals surface area (Å²) in [5, 5.41) is 9.50. The van der Waals surface area contributed by atoms with E-state index in [1.54, 1.807) is 0 Å². The van der Waals surface area contributed by atoms with Gasteiger partial charge in [0.05, 0.1) is 12.7 Å². The van der Waals surface area contributed by atoms with Crippen LogP contribution in [0.15, 0.2) is 54.6 Å². The van der Waals surface area contributed by atoms with Gasteiger partial charge in [-0.05, 0) is 42.5 Å². The van der Waals surface area contributed by atoms with Crippen molar-refractivity contribution in [3.63, 3.8) is 0 Å². The molecule has 3 nitrogen and oxygen atoms in total. The van der Waals surface area contributed by atoms with Crippen molar-refractivity contribution in [1.29, 1.82) is 0 Å². The SMILES string of the molecule is OC1CCN(CCCOc2ccc(-c3ccccc3)cc2)CC1. The molecule has 1 heterocycles. The lowest BCUT2D eigenvalue weighted by Crippen LogP contribution is -2.36. The van der Waals surface area contributed by atoms with Gasteiger partial charge < -0.3 is 14.7 Å². The molecule has 0 radical (unpaired) electrons. The standard InChI is InChI=1S/C20H25NO2/c22-19-11-14-21(15-12-19)13-4-16-23-20-9-7-18(8-10-20)17-5-2-1-3-6-17/h1-3,5-10,19,22H,4,11-16H2. The summed E-state index contributed by atoms with van der Waals surface area (Å²) in [5.74, 6) is 0.929. The Kier molecular flexibility index (Phi) is 5.67. The molecule has 0 amide bonds. The van der Waals surface area contributed by atoms with Gasteiger partial charge >= 0.3 is 0 Å². The second-order valence-corrected chi connectivity index (χ2v) is 6.17. The van der Waals surface area contributed by atoms with Crippen molar-refractivity contribution >= 4 is 0 Å². The molecule has 1 fully saturated rings. The molecule has 1 N–H and O–H groups in total. The molecule has 0 spiro atoms. The molecule has 0 aliphatic carbocycles. The maximum absolute atomic E-state index is 9.50. The molecule has 0 aromatic heterocycles. The number of likely N-dealkylation sites (tertiary alicyclic amines) is 1. The van der Waals surface area contributed by atoms with Gasteiger partial charge in [-0.15, -0.1) is 0 Å². The van der Waals surface area contributed by atoms with Gasteiger partial charge in [-0.25, -0.2) is 0 Å². The molecule has 1 aliphatic rings. The fourth-order valence-corrected chi connectivity index (χ4v) is 3.00. The first-order valence-electron chi connectivity index (χ1n) is 8.50. The van der Waals surface area contributed by atoms with Crippen molar-refractivity contribution in [2.45, 2.75) is 25.4 Å². The highest BCUT2D eigenvalue weighted by molar-refractivity contribution is 5.63. The second kappa shape index (κ2) is 8.14. The quantitative estimate of drug-likeness (QED) is 0.828. The molecule has 0 saturated carbocycles. The Morgan fingerprint density at radius 2 is 1.57 bits per heavy atom. The summed E-state index contributed by atoms with van der Waals surface area (Å²) in [5.41, 5.74) is 2.44. The predicted octanol–water partition coefficient (Wildman–Crippen LogP) is 3.58. The lowest BCUT2D eigenvalue weighted by atomic mass is 10.1. The van der Waals surface area contributed by atoms with Crippen LogP contribution in [0, 0.1) is 0 Å². The number of hydrogen-bond acceptors (Lipinski definition) is 3. The average Bonchev–Trinajstić information content (AvgIpc) is 2.62. The zero-order chi connectivity index (χ0) is 15.9. The van der Waals surface area contributed by atoms with Crippen molar-refractivity contribution in [3.05, 3.63) is 54.6 Å². The summed E-state index contributed by atoms with van der Waals surface area (Å²) in [6.45, 7) is 3.80. The van der Waals surface area contributed by atoms with E-state index in [1.165, 1.54) is 11.1 Å². The summed E-state index contributed by atoms with van der Waals surface area (Å²) >= 11 is 0. The Hall–Kier alpha value is -1.84. The number of ether oxygens (including phenoxy) is 1. The fraction of sp³-hybridized carbons (Fsp3) is 0.400. The third kappa shape index (κ3) is 4.81. The second-order valence-electron chi connectivity index (χ2n) is 6.17. The Bertz CT molecular complexity index is 574. The van der Waals surface area contributed by atoms with Crippen molar-refractivity contribution in [3.8, 4) is 16.9 Å². The van der Waals surface area contributed by atoms with E-state index in [0.29, 0.717) is 0 Å². The highest BCUT2D eigenvalue weighted by Gasteiger charge is 2.15. The van der Waals surface area contributed by atoms with Crippen LogP contribution in [0.2, 0.25) is 0 Å². The van der Waals surface area contributed by atoms with Gasteiger partial charge in [0.2, 0.25) is 0 Å². The zero-order valence-corrected chi connectivity index (χ0v) is 13.5. The van der Waals surface area contributed by atoms with Gasteiger partial charge in [0.25, 0.3) is 0 Å². The Balaban J connectivity index is 1.41. The Morgan fingerprint density at radius 1 is 0.913 bits per heavy atom. The van der Waals surface area contributed by atoms with Gasteiger partial charge in [-0.2, -0.15) is 0 Å². The van der Waals surface area contributed by atoms with E-state index in [-0.39, 0.29) is 6.10 Å². The molecule has 0 bridgehead atoms.